The van der Waals surface area contributed by atoms with Crippen molar-refractivity contribution in [3.8, 4) is 0 Å². The van der Waals surface area contributed by atoms with Gasteiger partial charge in [-0.15, -0.1) is 10.2 Å². The van der Waals surface area contributed by atoms with Gasteiger partial charge in [0.05, 0.1) is 5.60 Å². The summed E-state index contributed by atoms with van der Waals surface area (Å²) in [5, 5.41) is 13.1. The van der Waals surface area contributed by atoms with Gasteiger partial charge >= 0.3 is 0 Å². The quantitative estimate of drug-likeness (QED) is 0.890. The first kappa shape index (κ1) is 14.4. The van der Waals surface area contributed by atoms with Crippen molar-refractivity contribution in [2.75, 3.05) is 19.0 Å². The molecule has 0 bridgehead atoms. The van der Waals surface area contributed by atoms with Crippen LogP contribution in [0.3, 0.4) is 0 Å². The molecule has 0 unspecified atom stereocenters. The van der Waals surface area contributed by atoms with E-state index < -0.39 is 0 Å². The number of nitrogens with zero attached hydrogens (tertiary/aromatic N) is 2. The lowest BCUT2D eigenvalue weighted by molar-refractivity contribution is -0.0601. The molecule has 21 heavy (non-hydrogen) atoms. The predicted octanol–water partition coefficient (Wildman–Crippen LogP) is 3.25. The van der Waals surface area contributed by atoms with Crippen LogP contribution in [0.15, 0.2) is 24.3 Å². The Labute approximate surface area is 127 Å². The van der Waals surface area contributed by atoms with Crippen molar-refractivity contribution in [3.63, 3.8) is 0 Å². The first-order valence-corrected chi connectivity index (χ1v) is 7.87. The Balaban J connectivity index is 1.60. The van der Waals surface area contributed by atoms with E-state index in [-0.39, 0.29) is 11.4 Å². The number of aromatic nitrogens is 2. The summed E-state index contributed by atoms with van der Waals surface area (Å²) in [4.78, 5) is 0. The zero-order chi connectivity index (χ0) is 14.7. The van der Waals surface area contributed by atoms with Crippen LogP contribution in [-0.2, 0) is 11.2 Å². The second kappa shape index (κ2) is 6.07. The Morgan fingerprint density at radius 3 is 2.81 bits per heavy atom. The molecule has 3 rings (SSSR count). The molecule has 1 heterocycles. The number of ether oxygens (including phenoxy) is 1. The minimum atomic E-state index is -0.199. The highest BCUT2D eigenvalue weighted by atomic mass is 32.1. The molecule has 0 amide bonds. The van der Waals surface area contributed by atoms with Crippen molar-refractivity contribution in [1.29, 1.82) is 0 Å². The zero-order valence-corrected chi connectivity index (χ0v) is 12.8. The van der Waals surface area contributed by atoms with Gasteiger partial charge in [0, 0.05) is 20.1 Å². The Morgan fingerprint density at radius 2 is 2.14 bits per heavy atom. The van der Waals surface area contributed by atoms with E-state index in [1.165, 1.54) is 23.8 Å². The van der Waals surface area contributed by atoms with E-state index in [9.17, 15) is 4.39 Å². The number of halogens is 1. The molecule has 6 heteroatoms. The van der Waals surface area contributed by atoms with Crippen molar-refractivity contribution in [2.45, 2.75) is 31.3 Å². The molecule has 0 atom stereocenters. The Bertz CT molecular complexity index is 607. The summed E-state index contributed by atoms with van der Waals surface area (Å²) in [5.41, 5.74) is 0.602. The largest absolute Gasteiger partial charge is 0.376 e. The van der Waals surface area contributed by atoms with Gasteiger partial charge in [-0.05, 0) is 30.9 Å². The maximum absolute atomic E-state index is 13.6. The van der Waals surface area contributed by atoms with Crippen molar-refractivity contribution in [1.82, 2.24) is 10.2 Å². The summed E-state index contributed by atoms with van der Waals surface area (Å²) in [6, 6.07) is 6.76. The number of anilines is 1. The number of rotatable bonds is 6. The molecule has 0 radical (unpaired) electrons. The standard InChI is InChI=1S/C15H18FN3OS/c1-20-15(7-4-8-15)10-17-14-19-18-13(21-14)9-11-5-2-3-6-12(11)16/h2-3,5-6H,4,7-10H2,1H3,(H,17,19). The Morgan fingerprint density at radius 1 is 1.33 bits per heavy atom. The van der Waals surface area contributed by atoms with Gasteiger partial charge in [-0.2, -0.15) is 0 Å². The van der Waals surface area contributed by atoms with E-state index >= 15 is 0 Å². The first-order chi connectivity index (χ1) is 10.2. The third-order valence-corrected chi connectivity index (χ3v) is 4.91. The van der Waals surface area contributed by atoms with Gasteiger partial charge in [0.15, 0.2) is 0 Å². The van der Waals surface area contributed by atoms with Crippen LogP contribution in [0.5, 0.6) is 0 Å². The van der Waals surface area contributed by atoms with Crippen LogP contribution >= 0.6 is 11.3 Å². The lowest BCUT2D eigenvalue weighted by Crippen LogP contribution is -2.45. The lowest BCUT2D eigenvalue weighted by Gasteiger charge is -2.40. The SMILES string of the molecule is COC1(CNc2nnc(Cc3ccccc3F)s2)CCC1. The third-order valence-electron chi connectivity index (χ3n) is 4.03. The summed E-state index contributed by atoms with van der Waals surface area (Å²) in [6.45, 7) is 0.748. The molecule has 2 aromatic rings. The molecule has 4 nitrogen and oxygen atoms in total. The van der Waals surface area contributed by atoms with Gasteiger partial charge in [0.1, 0.15) is 10.8 Å². The average Bonchev–Trinajstić information content (AvgIpc) is 2.88. The molecule has 1 aromatic heterocycles. The van der Waals surface area contributed by atoms with Crippen molar-refractivity contribution in [2.24, 2.45) is 0 Å². The summed E-state index contributed by atoms with van der Waals surface area (Å²) >= 11 is 1.47. The maximum Gasteiger partial charge on any atom is 0.205 e. The number of hydrogen-bond donors (Lipinski definition) is 1. The molecule has 0 aliphatic heterocycles. The van der Waals surface area contributed by atoms with Crippen LogP contribution in [0.2, 0.25) is 0 Å². The second-order valence-electron chi connectivity index (χ2n) is 5.36. The monoisotopic (exact) mass is 307 g/mol. The molecule has 1 saturated carbocycles. The van der Waals surface area contributed by atoms with Crippen LogP contribution in [0.4, 0.5) is 9.52 Å². The van der Waals surface area contributed by atoms with Crippen LogP contribution < -0.4 is 5.32 Å². The minimum absolute atomic E-state index is 0.0443. The van der Waals surface area contributed by atoms with Gasteiger partial charge in [-0.25, -0.2) is 4.39 Å². The molecule has 0 saturated heterocycles. The van der Waals surface area contributed by atoms with E-state index in [1.54, 1.807) is 19.2 Å². The third kappa shape index (κ3) is 3.22. The van der Waals surface area contributed by atoms with Crippen molar-refractivity contribution in [3.05, 3.63) is 40.7 Å². The highest BCUT2D eigenvalue weighted by Gasteiger charge is 2.36. The number of benzene rings is 1. The van der Waals surface area contributed by atoms with Crippen LogP contribution in [0.25, 0.3) is 0 Å². The van der Waals surface area contributed by atoms with Crippen LogP contribution in [0.1, 0.15) is 29.8 Å². The van der Waals surface area contributed by atoms with Gasteiger partial charge in [0.25, 0.3) is 0 Å². The molecular weight excluding hydrogens is 289 g/mol. The number of methoxy groups -OCH3 is 1. The maximum atomic E-state index is 13.6. The highest BCUT2D eigenvalue weighted by Crippen LogP contribution is 2.35. The fourth-order valence-electron chi connectivity index (χ4n) is 2.46. The second-order valence-corrected chi connectivity index (χ2v) is 6.43. The smallest absolute Gasteiger partial charge is 0.205 e. The highest BCUT2D eigenvalue weighted by molar-refractivity contribution is 7.15. The number of nitrogens with one attached hydrogen (secondary N) is 1. The van der Waals surface area contributed by atoms with E-state index in [0.29, 0.717) is 12.0 Å². The topological polar surface area (TPSA) is 47.0 Å². The van der Waals surface area contributed by atoms with Crippen LogP contribution in [-0.4, -0.2) is 29.5 Å². The number of hydrogen-bond acceptors (Lipinski definition) is 5. The molecule has 1 aliphatic rings. The molecule has 1 fully saturated rings. The lowest BCUT2D eigenvalue weighted by atomic mass is 9.80. The van der Waals surface area contributed by atoms with Crippen molar-refractivity contribution < 1.29 is 9.13 Å². The Hall–Kier alpha value is -1.53. The van der Waals surface area contributed by atoms with E-state index in [1.807, 2.05) is 6.07 Å². The average molecular weight is 307 g/mol. The summed E-state index contributed by atoms with van der Waals surface area (Å²) in [6.07, 6.45) is 3.85. The van der Waals surface area contributed by atoms with Gasteiger partial charge in [0.2, 0.25) is 5.13 Å². The Kier molecular flexibility index (Phi) is 4.17. The van der Waals surface area contributed by atoms with Gasteiger partial charge in [-0.1, -0.05) is 29.5 Å². The van der Waals surface area contributed by atoms with Crippen molar-refractivity contribution >= 4 is 16.5 Å². The van der Waals surface area contributed by atoms with E-state index in [0.717, 1.165) is 29.5 Å². The molecule has 1 N–H and O–H groups in total. The normalized spacial score (nSPS) is 16.5. The predicted molar refractivity (Wildman–Crippen MR) is 81.2 cm³/mol. The zero-order valence-electron chi connectivity index (χ0n) is 11.9. The van der Waals surface area contributed by atoms with Crippen LogP contribution in [0, 0.1) is 5.82 Å². The summed E-state index contributed by atoms with van der Waals surface area (Å²) < 4.78 is 19.2. The fourth-order valence-corrected chi connectivity index (χ4v) is 3.22. The molecule has 1 aromatic carbocycles. The first-order valence-electron chi connectivity index (χ1n) is 7.06. The molecule has 1 aliphatic carbocycles. The van der Waals surface area contributed by atoms with E-state index in [2.05, 4.69) is 15.5 Å². The fraction of sp³-hybridized carbons (Fsp3) is 0.467. The van der Waals surface area contributed by atoms with Gasteiger partial charge in [-0.3, -0.25) is 0 Å². The summed E-state index contributed by atoms with van der Waals surface area (Å²) in [5.74, 6) is -0.199. The summed E-state index contributed by atoms with van der Waals surface area (Å²) in [7, 11) is 1.75. The minimum Gasteiger partial charge on any atom is -0.376 e. The molecule has 0 spiro atoms. The molecule has 112 valence electrons. The van der Waals surface area contributed by atoms with E-state index in [4.69, 9.17) is 4.74 Å². The molecular formula is C15H18FN3OS. The van der Waals surface area contributed by atoms with Gasteiger partial charge < -0.3 is 10.1 Å².